The first-order valence-corrected chi connectivity index (χ1v) is 5.21. The van der Waals surface area contributed by atoms with Crippen LogP contribution in [0.15, 0.2) is 0 Å². The SMILES string of the molecule is C1CCCCC1.C1CCNC1. The molecule has 1 saturated carbocycles. The fourth-order valence-corrected chi connectivity index (χ4v) is 1.69. The molecule has 1 nitrogen and oxygen atoms in total. The van der Waals surface area contributed by atoms with E-state index < -0.39 is 0 Å². The van der Waals surface area contributed by atoms with Crippen LogP contribution in [0.25, 0.3) is 0 Å². The minimum atomic E-state index is 1.25. The first-order valence-electron chi connectivity index (χ1n) is 5.21. The highest BCUT2D eigenvalue weighted by atomic mass is 14.9. The predicted octanol–water partition coefficient (Wildman–Crippen LogP) is 2.71. The molecule has 11 heavy (non-hydrogen) atoms. The van der Waals surface area contributed by atoms with Crippen molar-refractivity contribution < 1.29 is 0 Å². The second kappa shape index (κ2) is 6.66. The van der Waals surface area contributed by atoms with Crippen molar-refractivity contribution in [3.63, 3.8) is 0 Å². The Morgan fingerprint density at radius 2 is 0.818 bits per heavy atom. The van der Waals surface area contributed by atoms with E-state index in [-0.39, 0.29) is 0 Å². The first kappa shape index (κ1) is 9.05. The summed E-state index contributed by atoms with van der Waals surface area (Å²) in [5.74, 6) is 0. The van der Waals surface area contributed by atoms with Gasteiger partial charge < -0.3 is 5.32 Å². The summed E-state index contributed by atoms with van der Waals surface area (Å²) >= 11 is 0. The second-order valence-electron chi connectivity index (χ2n) is 3.58. The standard InChI is InChI=1S/C6H12.C4H9N/c1-2-4-6-5-3-1;1-2-4-5-3-1/h1-6H2;5H,1-4H2. The molecule has 1 aliphatic heterocycles. The van der Waals surface area contributed by atoms with E-state index in [4.69, 9.17) is 0 Å². The van der Waals surface area contributed by atoms with Gasteiger partial charge in [-0.2, -0.15) is 0 Å². The number of nitrogens with one attached hydrogen (secondary N) is 1. The largest absolute Gasteiger partial charge is 0.317 e. The summed E-state index contributed by atoms with van der Waals surface area (Å²) in [7, 11) is 0. The monoisotopic (exact) mass is 155 g/mol. The molecule has 0 aromatic heterocycles. The maximum Gasteiger partial charge on any atom is -0.00484 e. The van der Waals surface area contributed by atoms with E-state index in [1.165, 1.54) is 64.5 Å². The topological polar surface area (TPSA) is 12.0 Å². The smallest absolute Gasteiger partial charge is 0.00484 e. The van der Waals surface area contributed by atoms with E-state index >= 15 is 0 Å². The van der Waals surface area contributed by atoms with Crippen molar-refractivity contribution in [3.8, 4) is 0 Å². The van der Waals surface area contributed by atoms with Crippen molar-refractivity contribution in [2.75, 3.05) is 13.1 Å². The molecule has 0 unspecified atom stereocenters. The third kappa shape index (κ3) is 5.25. The van der Waals surface area contributed by atoms with Crippen molar-refractivity contribution >= 4 is 0 Å². The van der Waals surface area contributed by atoms with Gasteiger partial charge in [0.25, 0.3) is 0 Å². The molecule has 2 fully saturated rings. The lowest BCUT2D eigenvalue weighted by atomic mass is 10.0. The molecule has 0 aromatic carbocycles. The van der Waals surface area contributed by atoms with E-state index in [9.17, 15) is 0 Å². The zero-order valence-electron chi connectivity index (χ0n) is 7.57. The molecular weight excluding hydrogens is 134 g/mol. The van der Waals surface area contributed by atoms with Crippen molar-refractivity contribution in [2.24, 2.45) is 0 Å². The normalized spacial score (nSPS) is 24.0. The van der Waals surface area contributed by atoms with Crippen LogP contribution in [0.2, 0.25) is 0 Å². The van der Waals surface area contributed by atoms with Crippen molar-refractivity contribution in [2.45, 2.75) is 51.4 Å². The van der Waals surface area contributed by atoms with Gasteiger partial charge >= 0.3 is 0 Å². The summed E-state index contributed by atoms with van der Waals surface area (Å²) in [6, 6.07) is 0. The molecular formula is C10H21N. The lowest BCUT2D eigenvalue weighted by Gasteiger charge is -2.05. The zero-order chi connectivity index (χ0) is 7.78. The summed E-state index contributed by atoms with van der Waals surface area (Å²) in [5.41, 5.74) is 0. The van der Waals surface area contributed by atoms with Gasteiger partial charge in [-0.3, -0.25) is 0 Å². The summed E-state index contributed by atoms with van der Waals surface area (Å²) < 4.78 is 0. The quantitative estimate of drug-likeness (QED) is 0.567. The average molecular weight is 155 g/mol. The van der Waals surface area contributed by atoms with Crippen molar-refractivity contribution in [1.29, 1.82) is 0 Å². The molecule has 1 aliphatic carbocycles. The van der Waals surface area contributed by atoms with Crippen molar-refractivity contribution in [3.05, 3.63) is 0 Å². The molecule has 1 N–H and O–H groups in total. The maximum atomic E-state index is 3.22. The third-order valence-electron chi connectivity index (χ3n) is 2.46. The molecule has 2 rings (SSSR count). The molecule has 0 bridgehead atoms. The lowest BCUT2D eigenvalue weighted by molar-refractivity contribution is 0.504. The van der Waals surface area contributed by atoms with E-state index in [1.54, 1.807) is 0 Å². The molecule has 66 valence electrons. The molecule has 0 atom stereocenters. The Kier molecular flexibility index (Phi) is 5.48. The lowest BCUT2D eigenvalue weighted by Crippen LogP contribution is -2.03. The van der Waals surface area contributed by atoms with Crippen LogP contribution in [-0.2, 0) is 0 Å². The Bertz CT molecular complexity index is 53.8. The van der Waals surface area contributed by atoms with Gasteiger partial charge in [0.2, 0.25) is 0 Å². The summed E-state index contributed by atoms with van der Waals surface area (Å²) in [6.45, 7) is 2.50. The van der Waals surface area contributed by atoms with E-state index in [0.29, 0.717) is 0 Å². The highest BCUT2D eigenvalue weighted by Crippen LogP contribution is 2.15. The highest BCUT2D eigenvalue weighted by Gasteiger charge is 1.95. The Balaban J connectivity index is 0.000000112. The second-order valence-corrected chi connectivity index (χ2v) is 3.58. The molecule has 0 spiro atoms. The van der Waals surface area contributed by atoms with Gasteiger partial charge in [0, 0.05) is 0 Å². The summed E-state index contributed by atoms with van der Waals surface area (Å²) in [4.78, 5) is 0. The first-order chi connectivity index (χ1) is 5.50. The Morgan fingerprint density at radius 3 is 1.00 bits per heavy atom. The Hall–Kier alpha value is -0.0400. The molecule has 1 heterocycles. The minimum absolute atomic E-state index is 1.25. The van der Waals surface area contributed by atoms with Crippen LogP contribution in [0.1, 0.15) is 51.4 Å². The van der Waals surface area contributed by atoms with Gasteiger partial charge in [-0.1, -0.05) is 38.5 Å². The Labute approximate surface area is 70.6 Å². The average Bonchev–Trinajstić information content (AvgIpc) is 2.64. The fraction of sp³-hybridized carbons (Fsp3) is 1.00. The summed E-state index contributed by atoms with van der Waals surface area (Å²) in [5, 5.41) is 3.22. The van der Waals surface area contributed by atoms with Gasteiger partial charge in [-0.25, -0.2) is 0 Å². The maximum absolute atomic E-state index is 3.22. The predicted molar refractivity (Wildman–Crippen MR) is 49.8 cm³/mol. The van der Waals surface area contributed by atoms with Crippen LogP contribution in [0.4, 0.5) is 0 Å². The minimum Gasteiger partial charge on any atom is -0.317 e. The molecule has 0 aromatic rings. The van der Waals surface area contributed by atoms with Gasteiger partial charge in [0.05, 0.1) is 0 Å². The van der Waals surface area contributed by atoms with Crippen LogP contribution in [-0.4, -0.2) is 13.1 Å². The Morgan fingerprint density at radius 1 is 0.455 bits per heavy atom. The van der Waals surface area contributed by atoms with Crippen LogP contribution >= 0.6 is 0 Å². The fourth-order valence-electron chi connectivity index (χ4n) is 1.69. The third-order valence-corrected chi connectivity index (χ3v) is 2.46. The van der Waals surface area contributed by atoms with Crippen molar-refractivity contribution in [1.82, 2.24) is 5.32 Å². The highest BCUT2D eigenvalue weighted by molar-refractivity contribution is 4.55. The van der Waals surface area contributed by atoms with Crippen LogP contribution < -0.4 is 5.32 Å². The van der Waals surface area contributed by atoms with Crippen LogP contribution in [0, 0.1) is 0 Å². The van der Waals surface area contributed by atoms with Gasteiger partial charge in [0.1, 0.15) is 0 Å². The molecule has 2 aliphatic rings. The van der Waals surface area contributed by atoms with E-state index in [0.717, 1.165) is 0 Å². The molecule has 0 amide bonds. The zero-order valence-corrected chi connectivity index (χ0v) is 7.57. The summed E-state index contributed by atoms with van der Waals surface area (Å²) in [6.07, 6.45) is 11.8. The number of hydrogen-bond donors (Lipinski definition) is 1. The van der Waals surface area contributed by atoms with Crippen LogP contribution in [0.5, 0.6) is 0 Å². The van der Waals surface area contributed by atoms with Gasteiger partial charge in [-0.15, -0.1) is 0 Å². The van der Waals surface area contributed by atoms with Gasteiger partial charge in [-0.05, 0) is 25.9 Å². The van der Waals surface area contributed by atoms with E-state index in [2.05, 4.69) is 5.32 Å². The van der Waals surface area contributed by atoms with Crippen LogP contribution in [0.3, 0.4) is 0 Å². The van der Waals surface area contributed by atoms with Gasteiger partial charge in [0.15, 0.2) is 0 Å². The number of rotatable bonds is 0. The molecule has 1 heteroatoms. The molecule has 1 saturated heterocycles. The molecule has 0 radical (unpaired) electrons. The van der Waals surface area contributed by atoms with E-state index in [1.807, 2.05) is 0 Å². The number of hydrogen-bond acceptors (Lipinski definition) is 1.